The van der Waals surface area contributed by atoms with Crippen molar-refractivity contribution in [2.45, 2.75) is 13.3 Å². The van der Waals surface area contributed by atoms with Gasteiger partial charge in [-0.25, -0.2) is 0 Å². The molecule has 0 aromatic heterocycles. The highest BCUT2D eigenvalue weighted by Crippen LogP contribution is 2.19. The number of halogens is 1. The maximum Gasteiger partial charge on any atom is 0.255 e. The normalized spacial score (nSPS) is 10.4. The van der Waals surface area contributed by atoms with E-state index in [0.29, 0.717) is 12.2 Å². The van der Waals surface area contributed by atoms with E-state index in [1.54, 1.807) is 7.11 Å². The van der Waals surface area contributed by atoms with E-state index < -0.39 is 0 Å². The molecule has 0 saturated carbocycles. The highest BCUT2D eigenvalue weighted by atomic mass is 79.9. The van der Waals surface area contributed by atoms with Gasteiger partial charge in [0, 0.05) is 22.8 Å². The number of para-hydroxylation sites is 1. The summed E-state index contributed by atoms with van der Waals surface area (Å²) in [5.41, 5.74) is 3.59. The molecular formula is C17H18BrNO2. The average Bonchev–Trinajstić information content (AvgIpc) is 2.45. The van der Waals surface area contributed by atoms with Crippen molar-refractivity contribution < 1.29 is 9.53 Å². The molecule has 2 rings (SSSR count). The van der Waals surface area contributed by atoms with E-state index in [4.69, 9.17) is 4.74 Å². The first-order valence-corrected chi connectivity index (χ1v) is 7.55. The van der Waals surface area contributed by atoms with Crippen LogP contribution in [0.25, 0.3) is 0 Å². The molecule has 1 amide bonds. The summed E-state index contributed by atoms with van der Waals surface area (Å²) in [6.07, 6.45) is 0.768. The minimum atomic E-state index is -0.107. The highest BCUT2D eigenvalue weighted by Gasteiger charge is 2.10. The lowest BCUT2D eigenvalue weighted by atomic mass is 10.1. The van der Waals surface area contributed by atoms with Gasteiger partial charge in [-0.3, -0.25) is 4.79 Å². The van der Waals surface area contributed by atoms with Gasteiger partial charge in [0.1, 0.15) is 0 Å². The number of carbonyl (C=O) groups excluding carboxylic acids is 1. The third-order valence-corrected chi connectivity index (χ3v) is 3.60. The van der Waals surface area contributed by atoms with Gasteiger partial charge in [-0.15, -0.1) is 0 Å². The van der Waals surface area contributed by atoms with E-state index >= 15 is 0 Å². The van der Waals surface area contributed by atoms with E-state index in [0.717, 1.165) is 27.7 Å². The Bertz CT molecular complexity index is 620. The summed E-state index contributed by atoms with van der Waals surface area (Å²) in [6.45, 7) is 2.59. The van der Waals surface area contributed by atoms with Gasteiger partial charge in [0.2, 0.25) is 0 Å². The molecule has 3 nitrogen and oxygen atoms in total. The number of aryl methyl sites for hydroxylation is 1. The predicted molar refractivity (Wildman–Crippen MR) is 88.9 cm³/mol. The molecule has 4 heteroatoms. The van der Waals surface area contributed by atoms with Crippen LogP contribution in [0.4, 0.5) is 5.69 Å². The predicted octanol–water partition coefficient (Wildman–Crippen LogP) is 4.20. The Morgan fingerprint density at radius 2 is 2.00 bits per heavy atom. The van der Waals surface area contributed by atoms with E-state index in [-0.39, 0.29) is 5.91 Å². The number of methoxy groups -OCH3 is 1. The van der Waals surface area contributed by atoms with Crippen molar-refractivity contribution in [1.29, 1.82) is 0 Å². The summed E-state index contributed by atoms with van der Waals surface area (Å²) in [6, 6.07) is 13.5. The zero-order valence-electron chi connectivity index (χ0n) is 12.2. The molecule has 21 heavy (non-hydrogen) atoms. The second-order valence-corrected chi connectivity index (χ2v) is 5.79. The van der Waals surface area contributed by atoms with Crippen molar-refractivity contribution in [2.24, 2.45) is 0 Å². The lowest BCUT2D eigenvalue weighted by molar-refractivity contribution is 0.102. The van der Waals surface area contributed by atoms with Gasteiger partial charge in [0.15, 0.2) is 0 Å². The first kappa shape index (κ1) is 15.7. The second kappa shape index (κ2) is 7.38. The fourth-order valence-electron chi connectivity index (χ4n) is 2.13. The lowest BCUT2D eigenvalue weighted by Gasteiger charge is -2.11. The minimum absolute atomic E-state index is 0.107. The SMILES string of the molecule is COCCc1ccccc1NC(=O)c1cc(C)cc(Br)c1. The van der Waals surface area contributed by atoms with Crippen LogP contribution in [0.2, 0.25) is 0 Å². The molecule has 0 saturated heterocycles. The van der Waals surface area contributed by atoms with Crippen molar-refractivity contribution in [2.75, 3.05) is 19.0 Å². The third-order valence-electron chi connectivity index (χ3n) is 3.15. The summed E-state index contributed by atoms with van der Waals surface area (Å²) in [4.78, 5) is 12.4. The Balaban J connectivity index is 2.19. The Kier molecular flexibility index (Phi) is 5.53. The fourth-order valence-corrected chi connectivity index (χ4v) is 2.74. The van der Waals surface area contributed by atoms with Crippen LogP contribution in [0.5, 0.6) is 0 Å². The van der Waals surface area contributed by atoms with Gasteiger partial charge in [0.05, 0.1) is 6.61 Å². The Morgan fingerprint density at radius 1 is 1.24 bits per heavy atom. The molecule has 0 spiro atoms. The highest BCUT2D eigenvalue weighted by molar-refractivity contribution is 9.10. The van der Waals surface area contributed by atoms with Crippen molar-refractivity contribution in [3.05, 3.63) is 63.6 Å². The maximum atomic E-state index is 12.4. The van der Waals surface area contributed by atoms with Gasteiger partial charge >= 0.3 is 0 Å². The average molecular weight is 348 g/mol. The quantitative estimate of drug-likeness (QED) is 0.880. The summed E-state index contributed by atoms with van der Waals surface area (Å²) in [5.74, 6) is -0.107. The van der Waals surface area contributed by atoms with Crippen molar-refractivity contribution >= 4 is 27.5 Å². The number of hydrogen-bond acceptors (Lipinski definition) is 2. The summed E-state index contributed by atoms with van der Waals surface area (Å²) >= 11 is 3.42. The fraction of sp³-hybridized carbons (Fsp3) is 0.235. The van der Waals surface area contributed by atoms with Crippen LogP contribution in [0.1, 0.15) is 21.5 Å². The van der Waals surface area contributed by atoms with Crippen molar-refractivity contribution in [3.63, 3.8) is 0 Å². The zero-order chi connectivity index (χ0) is 15.2. The monoisotopic (exact) mass is 347 g/mol. The summed E-state index contributed by atoms with van der Waals surface area (Å²) < 4.78 is 6.01. The Morgan fingerprint density at radius 3 is 2.71 bits per heavy atom. The van der Waals surface area contributed by atoms with E-state index in [1.807, 2.05) is 49.4 Å². The number of rotatable bonds is 5. The third kappa shape index (κ3) is 4.41. The van der Waals surface area contributed by atoms with E-state index in [2.05, 4.69) is 21.2 Å². The Labute approximate surface area is 133 Å². The van der Waals surface area contributed by atoms with Crippen LogP contribution in [0.15, 0.2) is 46.9 Å². The van der Waals surface area contributed by atoms with Crippen molar-refractivity contribution in [3.8, 4) is 0 Å². The maximum absolute atomic E-state index is 12.4. The summed E-state index contributed by atoms with van der Waals surface area (Å²) in [5, 5.41) is 2.97. The lowest BCUT2D eigenvalue weighted by Crippen LogP contribution is -2.14. The standard InChI is InChI=1S/C17H18BrNO2/c1-12-9-14(11-15(18)10-12)17(20)19-16-6-4-3-5-13(16)7-8-21-2/h3-6,9-11H,7-8H2,1-2H3,(H,19,20). The minimum Gasteiger partial charge on any atom is -0.384 e. The molecule has 0 aliphatic heterocycles. The number of ether oxygens (including phenoxy) is 1. The Hall–Kier alpha value is -1.65. The number of nitrogens with one attached hydrogen (secondary N) is 1. The first-order valence-electron chi connectivity index (χ1n) is 6.75. The first-order chi connectivity index (χ1) is 10.1. The zero-order valence-corrected chi connectivity index (χ0v) is 13.7. The molecule has 110 valence electrons. The van der Waals surface area contributed by atoms with Crippen LogP contribution in [0, 0.1) is 6.92 Å². The van der Waals surface area contributed by atoms with Gasteiger partial charge in [-0.05, 0) is 48.7 Å². The largest absolute Gasteiger partial charge is 0.384 e. The number of anilines is 1. The molecule has 0 unspecified atom stereocenters. The topological polar surface area (TPSA) is 38.3 Å². The van der Waals surface area contributed by atoms with Gasteiger partial charge in [-0.2, -0.15) is 0 Å². The molecular weight excluding hydrogens is 330 g/mol. The van der Waals surface area contributed by atoms with Crippen LogP contribution in [-0.2, 0) is 11.2 Å². The number of carbonyl (C=O) groups is 1. The molecule has 0 atom stereocenters. The molecule has 2 aromatic carbocycles. The molecule has 0 bridgehead atoms. The number of benzene rings is 2. The van der Waals surface area contributed by atoms with E-state index in [1.165, 1.54) is 0 Å². The molecule has 0 aliphatic carbocycles. The molecule has 0 heterocycles. The second-order valence-electron chi connectivity index (χ2n) is 4.87. The van der Waals surface area contributed by atoms with Gasteiger partial charge in [-0.1, -0.05) is 34.1 Å². The summed E-state index contributed by atoms with van der Waals surface area (Å²) in [7, 11) is 1.67. The molecule has 2 aromatic rings. The molecule has 0 fully saturated rings. The molecule has 0 aliphatic rings. The van der Waals surface area contributed by atoms with Gasteiger partial charge in [0.25, 0.3) is 5.91 Å². The van der Waals surface area contributed by atoms with E-state index in [9.17, 15) is 4.79 Å². The van der Waals surface area contributed by atoms with Gasteiger partial charge < -0.3 is 10.1 Å². The number of hydrogen-bond donors (Lipinski definition) is 1. The smallest absolute Gasteiger partial charge is 0.255 e. The number of amides is 1. The van der Waals surface area contributed by atoms with Crippen LogP contribution < -0.4 is 5.32 Å². The van der Waals surface area contributed by atoms with Crippen LogP contribution >= 0.6 is 15.9 Å². The molecule has 0 radical (unpaired) electrons. The van der Waals surface area contributed by atoms with Crippen LogP contribution in [-0.4, -0.2) is 19.6 Å². The van der Waals surface area contributed by atoms with Crippen LogP contribution in [0.3, 0.4) is 0 Å². The van der Waals surface area contributed by atoms with Crippen molar-refractivity contribution in [1.82, 2.24) is 0 Å². The molecule has 1 N–H and O–H groups in total.